The van der Waals surface area contributed by atoms with Gasteiger partial charge in [0.05, 0.1) is 19.6 Å². The maximum Gasteiger partial charge on any atom is 0.272 e. The predicted octanol–water partition coefficient (Wildman–Crippen LogP) is 1.87. The largest absolute Gasteiger partial charge is 0.493 e. The van der Waals surface area contributed by atoms with Crippen molar-refractivity contribution in [3.63, 3.8) is 0 Å². The number of nitrogens with one attached hydrogen (secondary N) is 2. The maximum absolute atomic E-state index is 12.5. The minimum atomic E-state index is -0.373. The summed E-state index contributed by atoms with van der Waals surface area (Å²) in [5.41, 5.74) is 0.697. The van der Waals surface area contributed by atoms with E-state index in [0.29, 0.717) is 22.3 Å². The number of ether oxygens (including phenoxy) is 2. The maximum atomic E-state index is 12.5. The zero-order valence-electron chi connectivity index (χ0n) is 13.8. The quantitative estimate of drug-likeness (QED) is 0.740. The fourth-order valence-corrected chi connectivity index (χ4v) is 2.54. The molecule has 1 amide bonds. The summed E-state index contributed by atoms with van der Waals surface area (Å²) >= 11 is 0. The van der Waals surface area contributed by atoms with E-state index in [1.165, 1.54) is 0 Å². The van der Waals surface area contributed by atoms with Gasteiger partial charge in [0.25, 0.3) is 11.5 Å². The minimum Gasteiger partial charge on any atom is -0.493 e. The lowest BCUT2D eigenvalue weighted by atomic mass is 10.1. The van der Waals surface area contributed by atoms with E-state index in [-0.39, 0.29) is 23.7 Å². The number of aromatic amines is 1. The Labute approximate surface area is 143 Å². The third-order valence-corrected chi connectivity index (χ3v) is 3.81. The van der Waals surface area contributed by atoms with Crippen molar-refractivity contribution in [2.24, 2.45) is 0 Å². The minimum absolute atomic E-state index is 0.177. The lowest BCUT2D eigenvalue weighted by Crippen LogP contribution is -2.26. The zero-order chi connectivity index (χ0) is 17.8. The van der Waals surface area contributed by atoms with E-state index in [2.05, 4.69) is 15.5 Å². The van der Waals surface area contributed by atoms with Gasteiger partial charge in [-0.1, -0.05) is 24.3 Å². The Bertz CT molecular complexity index is 981. The van der Waals surface area contributed by atoms with Crippen molar-refractivity contribution in [2.45, 2.75) is 6.54 Å². The van der Waals surface area contributed by atoms with Gasteiger partial charge >= 0.3 is 0 Å². The van der Waals surface area contributed by atoms with Crippen LogP contribution in [0.3, 0.4) is 0 Å². The number of carbonyl (C=O) groups is 1. The van der Waals surface area contributed by atoms with E-state index < -0.39 is 0 Å². The first-order valence-corrected chi connectivity index (χ1v) is 7.60. The molecule has 0 spiro atoms. The summed E-state index contributed by atoms with van der Waals surface area (Å²) in [5, 5.41) is 9.97. The Kier molecular flexibility index (Phi) is 4.65. The smallest absolute Gasteiger partial charge is 0.272 e. The van der Waals surface area contributed by atoms with E-state index in [1.54, 1.807) is 50.6 Å². The topological polar surface area (TPSA) is 93.3 Å². The number of nitrogens with zero attached hydrogens (tertiary/aromatic N) is 1. The highest BCUT2D eigenvalue weighted by molar-refractivity contribution is 6.04. The number of fused-ring (bicyclic) bond motifs is 1. The molecule has 0 aliphatic rings. The van der Waals surface area contributed by atoms with Crippen molar-refractivity contribution in [2.75, 3.05) is 14.2 Å². The van der Waals surface area contributed by atoms with Gasteiger partial charge in [0.2, 0.25) is 0 Å². The van der Waals surface area contributed by atoms with Crippen LogP contribution < -0.4 is 20.3 Å². The molecule has 2 aromatic carbocycles. The highest BCUT2D eigenvalue weighted by atomic mass is 16.5. The van der Waals surface area contributed by atoms with Crippen LogP contribution in [0.1, 0.15) is 16.1 Å². The Morgan fingerprint density at radius 1 is 1.08 bits per heavy atom. The Morgan fingerprint density at radius 3 is 2.52 bits per heavy atom. The summed E-state index contributed by atoms with van der Waals surface area (Å²) in [6, 6.07) is 12.2. The molecule has 3 aromatic rings. The molecule has 0 saturated carbocycles. The van der Waals surface area contributed by atoms with Crippen LogP contribution in [0.2, 0.25) is 0 Å². The molecule has 1 heterocycles. The van der Waals surface area contributed by atoms with Crippen molar-refractivity contribution in [3.8, 4) is 11.5 Å². The third kappa shape index (κ3) is 3.30. The first-order chi connectivity index (χ1) is 12.1. The number of aromatic nitrogens is 2. The van der Waals surface area contributed by atoms with Gasteiger partial charge in [0.15, 0.2) is 17.2 Å². The van der Waals surface area contributed by atoms with Crippen LogP contribution in [0.25, 0.3) is 10.8 Å². The summed E-state index contributed by atoms with van der Waals surface area (Å²) in [4.78, 5) is 24.3. The number of benzene rings is 2. The normalized spacial score (nSPS) is 10.5. The Morgan fingerprint density at radius 2 is 1.80 bits per heavy atom. The van der Waals surface area contributed by atoms with E-state index in [9.17, 15) is 9.59 Å². The number of rotatable bonds is 5. The number of hydrogen-bond acceptors (Lipinski definition) is 5. The molecule has 0 unspecified atom stereocenters. The van der Waals surface area contributed by atoms with Crippen LogP contribution in [-0.4, -0.2) is 30.3 Å². The van der Waals surface area contributed by atoms with Crippen LogP contribution in [0.5, 0.6) is 11.5 Å². The van der Waals surface area contributed by atoms with Crippen LogP contribution in [0.4, 0.5) is 0 Å². The van der Waals surface area contributed by atoms with E-state index >= 15 is 0 Å². The molecule has 2 N–H and O–H groups in total. The van der Waals surface area contributed by atoms with Crippen molar-refractivity contribution >= 4 is 16.7 Å². The summed E-state index contributed by atoms with van der Waals surface area (Å²) in [6.45, 7) is 0.286. The van der Waals surface area contributed by atoms with Crippen LogP contribution >= 0.6 is 0 Å². The van der Waals surface area contributed by atoms with Gasteiger partial charge < -0.3 is 14.8 Å². The van der Waals surface area contributed by atoms with Crippen molar-refractivity contribution in [3.05, 3.63) is 64.1 Å². The lowest BCUT2D eigenvalue weighted by Gasteiger charge is -2.10. The van der Waals surface area contributed by atoms with Crippen LogP contribution in [0.15, 0.2) is 47.3 Å². The fraction of sp³-hybridized carbons (Fsp3) is 0.167. The number of carbonyl (C=O) groups excluding carboxylic acids is 1. The van der Waals surface area contributed by atoms with Crippen LogP contribution in [-0.2, 0) is 6.54 Å². The molecular formula is C18H17N3O4. The van der Waals surface area contributed by atoms with E-state index in [1.807, 2.05) is 6.07 Å². The Hall–Kier alpha value is -3.35. The number of H-pyrrole nitrogens is 1. The van der Waals surface area contributed by atoms with E-state index in [0.717, 1.165) is 5.56 Å². The number of amides is 1. The molecule has 25 heavy (non-hydrogen) atoms. The molecule has 1 aromatic heterocycles. The van der Waals surface area contributed by atoms with Crippen molar-refractivity contribution in [1.82, 2.24) is 15.5 Å². The standard InChI is InChI=1S/C18H17N3O4/c1-24-14-8-7-11(9-15(14)25-2)10-19-18(23)16-12-5-3-4-6-13(12)17(22)21-20-16/h3-9H,10H2,1-2H3,(H,19,23)(H,21,22). The van der Waals surface area contributed by atoms with Gasteiger partial charge in [0.1, 0.15) is 0 Å². The molecule has 0 radical (unpaired) electrons. The molecule has 0 bridgehead atoms. The average molecular weight is 339 g/mol. The van der Waals surface area contributed by atoms with Gasteiger partial charge in [-0.2, -0.15) is 5.10 Å². The second-order valence-corrected chi connectivity index (χ2v) is 5.32. The highest BCUT2D eigenvalue weighted by Gasteiger charge is 2.14. The molecule has 7 heteroatoms. The van der Waals surface area contributed by atoms with E-state index in [4.69, 9.17) is 9.47 Å². The fourth-order valence-electron chi connectivity index (χ4n) is 2.54. The molecule has 0 saturated heterocycles. The molecule has 0 fully saturated rings. The summed E-state index contributed by atoms with van der Waals surface area (Å²) in [6.07, 6.45) is 0. The van der Waals surface area contributed by atoms with Crippen LogP contribution in [0, 0.1) is 0 Å². The molecular weight excluding hydrogens is 322 g/mol. The van der Waals surface area contributed by atoms with Gasteiger partial charge in [-0.15, -0.1) is 0 Å². The number of hydrogen-bond donors (Lipinski definition) is 2. The molecule has 0 aliphatic heterocycles. The average Bonchev–Trinajstić information content (AvgIpc) is 2.66. The molecule has 7 nitrogen and oxygen atoms in total. The second kappa shape index (κ2) is 7.04. The first kappa shape index (κ1) is 16.5. The summed E-state index contributed by atoms with van der Waals surface area (Å²) < 4.78 is 10.4. The predicted molar refractivity (Wildman–Crippen MR) is 93.1 cm³/mol. The Balaban J connectivity index is 1.82. The number of methoxy groups -OCH3 is 2. The lowest BCUT2D eigenvalue weighted by molar-refractivity contribution is 0.0946. The summed E-state index contributed by atoms with van der Waals surface area (Å²) in [5.74, 6) is 0.829. The first-order valence-electron chi connectivity index (χ1n) is 7.60. The van der Waals surface area contributed by atoms with Crippen molar-refractivity contribution in [1.29, 1.82) is 0 Å². The van der Waals surface area contributed by atoms with Gasteiger partial charge in [0, 0.05) is 11.9 Å². The molecule has 128 valence electrons. The van der Waals surface area contributed by atoms with Crippen molar-refractivity contribution < 1.29 is 14.3 Å². The third-order valence-electron chi connectivity index (χ3n) is 3.81. The van der Waals surface area contributed by atoms with Gasteiger partial charge in [-0.25, -0.2) is 5.10 Å². The van der Waals surface area contributed by atoms with Gasteiger partial charge in [-0.3, -0.25) is 9.59 Å². The molecule has 0 aliphatic carbocycles. The SMILES string of the molecule is COc1ccc(CNC(=O)c2n[nH]c(=O)c3ccccc23)cc1OC. The highest BCUT2D eigenvalue weighted by Crippen LogP contribution is 2.27. The van der Waals surface area contributed by atoms with Gasteiger partial charge in [-0.05, 0) is 23.8 Å². The molecule has 3 rings (SSSR count). The second-order valence-electron chi connectivity index (χ2n) is 5.32. The molecule has 0 atom stereocenters. The summed E-state index contributed by atoms with van der Waals surface area (Å²) in [7, 11) is 3.11. The monoisotopic (exact) mass is 339 g/mol. The zero-order valence-corrected chi connectivity index (χ0v) is 13.8.